The fourth-order valence-corrected chi connectivity index (χ4v) is 2.64. The maximum absolute atomic E-state index is 12.1. The third-order valence-electron chi connectivity index (χ3n) is 3.76. The van der Waals surface area contributed by atoms with E-state index in [2.05, 4.69) is 4.98 Å². The number of methoxy groups -OCH3 is 1. The fraction of sp³-hybridized carbons (Fsp3) is 0.667. The molecule has 1 aromatic rings. The van der Waals surface area contributed by atoms with E-state index in [-0.39, 0.29) is 12.1 Å². The van der Waals surface area contributed by atoms with Crippen molar-refractivity contribution < 1.29 is 19.7 Å². The van der Waals surface area contributed by atoms with Gasteiger partial charge < -0.3 is 25.4 Å². The number of hydrogen-bond acceptors (Lipinski definition) is 7. The van der Waals surface area contributed by atoms with Crippen molar-refractivity contribution in [2.45, 2.75) is 37.5 Å². The van der Waals surface area contributed by atoms with Crippen molar-refractivity contribution in [2.24, 2.45) is 5.73 Å². The molecule has 0 aliphatic carbocycles. The van der Waals surface area contributed by atoms with Gasteiger partial charge in [-0.25, -0.2) is 4.79 Å². The molecule has 2 heterocycles. The molecule has 4 atom stereocenters. The number of rotatable bonds is 4. The summed E-state index contributed by atoms with van der Waals surface area (Å²) in [4.78, 5) is 25.8. The monoisotopic (exact) mass is 301 g/mol. The van der Waals surface area contributed by atoms with Crippen LogP contribution in [-0.4, -0.2) is 51.8 Å². The molecule has 1 saturated heterocycles. The molecule has 0 bridgehead atoms. The lowest BCUT2D eigenvalue weighted by Crippen LogP contribution is -2.51. The Kier molecular flexibility index (Phi) is 4.30. The quantitative estimate of drug-likeness (QED) is 0.479. The third-order valence-corrected chi connectivity index (χ3v) is 3.76. The molecule has 1 aliphatic heterocycles. The molecule has 0 unspecified atom stereocenters. The minimum Gasteiger partial charge on any atom is -0.394 e. The predicted molar refractivity (Wildman–Crippen MR) is 71.6 cm³/mol. The molecule has 0 amide bonds. The molecule has 0 radical (unpaired) electrons. The van der Waals surface area contributed by atoms with Gasteiger partial charge in [-0.15, -0.1) is 0 Å². The Labute approximate surface area is 119 Å². The molecule has 118 valence electrons. The minimum absolute atomic E-state index is 0.0602. The maximum atomic E-state index is 12.1. The lowest BCUT2D eigenvalue weighted by Gasteiger charge is -2.31. The van der Waals surface area contributed by atoms with Crippen LogP contribution in [0.2, 0.25) is 0 Å². The number of nitrogens with two attached hydrogens (primary N) is 1. The Hall–Kier alpha value is -1.52. The topological polar surface area (TPSA) is 140 Å². The highest BCUT2D eigenvalue weighted by Crippen LogP contribution is 2.35. The number of ether oxygens (including phenoxy) is 2. The summed E-state index contributed by atoms with van der Waals surface area (Å²) < 4.78 is 11.9. The van der Waals surface area contributed by atoms with Gasteiger partial charge in [-0.1, -0.05) is 0 Å². The first-order valence-corrected chi connectivity index (χ1v) is 6.44. The average molecular weight is 301 g/mol. The number of nitrogens with zero attached hydrogens (tertiary/aromatic N) is 1. The highest BCUT2D eigenvalue weighted by molar-refractivity contribution is 5.08. The average Bonchev–Trinajstić information content (AvgIpc) is 2.70. The van der Waals surface area contributed by atoms with Gasteiger partial charge in [0.1, 0.15) is 18.3 Å². The van der Waals surface area contributed by atoms with Crippen LogP contribution in [0, 0.1) is 0 Å². The Morgan fingerprint density at radius 2 is 2.24 bits per heavy atom. The molecular formula is C12H19N3O6. The second-order valence-electron chi connectivity index (χ2n) is 5.03. The Bertz CT molecular complexity index is 626. The lowest BCUT2D eigenvalue weighted by molar-refractivity contribution is -0.145. The first kappa shape index (κ1) is 15.9. The molecule has 1 fully saturated rings. The van der Waals surface area contributed by atoms with E-state index in [0.29, 0.717) is 0 Å². The van der Waals surface area contributed by atoms with E-state index in [1.807, 2.05) is 0 Å². The van der Waals surface area contributed by atoms with Gasteiger partial charge >= 0.3 is 5.69 Å². The normalized spacial score (nSPS) is 32.5. The molecule has 0 spiro atoms. The van der Waals surface area contributed by atoms with Crippen LogP contribution in [0.5, 0.6) is 0 Å². The van der Waals surface area contributed by atoms with E-state index in [9.17, 15) is 19.8 Å². The zero-order valence-electron chi connectivity index (χ0n) is 11.8. The van der Waals surface area contributed by atoms with E-state index < -0.39 is 41.9 Å². The number of aliphatic hydroxyl groups excluding tert-OH is 2. The van der Waals surface area contributed by atoms with Crippen LogP contribution in [0.3, 0.4) is 0 Å². The summed E-state index contributed by atoms with van der Waals surface area (Å²) in [6, 6.07) is 0. The summed E-state index contributed by atoms with van der Waals surface area (Å²) in [6.45, 7) is 1.04. The van der Waals surface area contributed by atoms with Crippen molar-refractivity contribution >= 4 is 0 Å². The van der Waals surface area contributed by atoms with Crippen LogP contribution in [0.25, 0.3) is 0 Å². The van der Waals surface area contributed by atoms with Crippen LogP contribution >= 0.6 is 0 Å². The zero-order valence-corrected chi connectivity index (χ0v) is 11.8. The smallest absolute Gasteiger partial charge is 0.330 e. The number of nitrogens with one attached hydrogen (secondary N) is 1. The van der Waals surface area contributed by atoms with Crippen LogP contribution in [0.1, 0.15) is 12.5 Å². The van der Waals surface area contributed by atoms with Gasteiger partial charge in [-0.2, -0.15) is 0 Å². The highest BCUT2D eigenvalue weighted by atomic mass is 16.6. The summed E-state index contributed by atoms with van der Waals surface area (Å²) in [5.74, 6) is 0. The van der Waals surface area contributed by atoms with Crippen LogP contribution < -0.4 is 17.0 Å². The molecule has 1 aliphatic rings. The van der Waals surface area contributed by atoms with Gasteiger partial charge in [-0.3, -0.25) is 14.3 Å². The van der Waals surface area contributed by atoms with Gasteiger partial charge in [0.05, 0.1) is 6.61 Å². The maximum Gasteiger partial charge on any atom is 0.330 e. The van der Waals surface area contributed by atoms with E-state index >= 15 is 0 Å². The molecule has 5 N–H and O–H groups in total. The van der Waals surface area contributed by atoms with E-state index in [1.165, 1.54) is 20.2 Å². The molecule has 1 aromatic heterocycles. The van der Waals surface area contributed by atoms with Gasteiger partial charge in [0.2, 0.25) is 0 Å². The van der Waals surface area contributed by atoms with Crippen molar-refractivity contribution in [1.82, 2.24) is 9.55 Å². The summed E-state index contributed by atoms with van der Waals surface area (Å²) in [5.41, 5.74) is 2.98. The molecule has 0 aromatic carbocycles. The van der Waals surface area contributed by atoms with Crippen molar-refractivity contribution in [1.29, 1.82) is 0 Å². The van der Waals surface area contributed by atoms with Gasteiger partial charge in [-0.05, 0) is 6.92 Å². The molecule has 0 saturated carbocycles. The van der Waals surface area contributed by atoms with E-state index in [1.54, 1.807) is 0 Å². The fourth-order valence-electron chi connectivity index (χ4n) is 2.64. The van der Waals surface area contributed by atoms with E-state index in [4.69, 9.17) is 15.2 Å². The van der Waals surface area contributed by atoms with Crippen LogP contribution in [0.15, 0.2) is 15.8 Å². The first-order chi connectivity index (χ1) is 9.88. The molecule has 9 nitrogen and oxygen atoms in total. The first-order valence-electron chi connectivity index (χ1n) is 6.44. The van der Waals surface area contributed by atoms with Crippen LogP contribution in [-0.2, 0) is 21.7 Å². The number of H-pyrrole nitrogens is 1. The van der Waals surface area contributed by atoms with Gasteiger partial charge in [0.15, 0.2) is 5.72 Å². The molecular weight excluding hydrogens is 282 g/mol. The van der Waals surface area contributed by atoms with E-state index in [0.717, 1.165) is 4.57 Å². The Morgan fingerprint density at radius 1 is 1.57 bits per heavy atom. The second kappa shape index (κ2) is 5.70. The van der Waals surface area contributed by atoms with Crippen molar-refractivity contribution in [3.63, 3.8) is 0 Å². The van der Waals surface area contributed by atoms with Crippen LogP contribution in [0.4, 0.5) is 0 Å². The summed E-state index contributed by atoms with van der Waals surface area (Å²) in [5, 5.41) is 19.3. The molecule has 21 heavy (non-hydrogen) atoms. The van der Waals surface area contributed by atoms with Crippen molar-refractivity contribution in [3.05, 3.63) is 32.6 Å². The molecule has 2 rings (SSSR count). The third kappa shape index (κ3) is 2.43. The minimum atomic E-state index is -1.38. The van der Waals surface area contributed by atoms with Gasteiger partial charge in [0.25, 0.3) is 5.56 Å². The summed E-state index contributed by atoms with van der Waals surface area (Å²) in [7, 11) is 1.36. The van der Waals surface area contributed by atoms with Gasteiger partial charge in [0, 0.05) is 25.4 Å². The van der Waals surface area contributed by atoms with Crippen molar-refractivity contribution in [2.75, 3.05) is 13.7 Å². The second-order valence-corrected chi connectivity index (χ2v) is 5.03. The summed E-state index contributed by atoms with van der Waals surface area (Å²) >= 11 is 0. The lowest BCUT2D eigenvalue weighted by atomic mass is 10.0. The Balaban J connectivity index is 2.58. The number of aliphatic hydroxyl groups is 2. The zero-order chi connectivity index (χ0) is 15.8. The number of aromatic nitrogens is 2. The molecule has 9 heteroatoms. The predicted octanol–water partition coefficient (Wildman–Crippen LogP) is -2.56. The largest absolute Gasteiger partial charge is 0.394 e. The summed E-state index contributed by atoms with van der Waals surface area (Å²) in [6.07, 6.45) is -1.64. The standard InChI is InChI=1S/C12H19N3O6/c1-12(9(20-2)8(17)7(5-16)21-12)15-4-6(3-13)10(18)14-11(15)19/h4,7-9,16-17H,3,5,13H2,1-2H3,(H,14,18,19)/t7-,8-,9-,12-/m1/s1. The SMILES string of the molecule is CO[C@@H]1[C@H](O)[C@@H](CO)O[C@@]1(C)n1cc(CN)c(=O)[nH]c1=O. The van der Waals surface area contributed by atoms with Crippen molar-refractivity contribution in [3.8, 4) is 0 Å². The number of hydrogen-bond donors (Lipinski definition) is 4. The number of aromatic amines is 1. The Morgan fingerprint density at radius 3 is 2.76 bits per heavy atom. The highest BCUT2D eigenvalue weighted by Gasteiger charge is 2.54.